The number of esters is 1. The molecule has 23 heteroatoms. The third-order valence-electron chi connectivity index (χ3n) is 7.76. The number of aliphatic hydroxyl groups excluding tert-OH is 3. The molecule has 2 saturated heterocycles. The van der Waals surface area contributed by atoms with E-state index in [1.807, 2.05) is 4.98 Å². The largest absolute Gasteiger partial charge is 0.462 e. The molecule has 0 radical (unpaired) electrons. The van der Waals surface area contributed by atoms with Gasteiger partial charge < -0.3 is 34.1 Å². The van der Waals surface area contributed by atoms with Crippen LogP contribution < -0.4 is 20.9 Å². The fraction of sp³-hybridized carbons (Fsp3) is 0.485. The molecule has 0 aliphatic carbocycles. The second-order valence-electron chi connectivity index (χ2n) is 12.3. The number of allylic oxidation sites excluding steroid dienone is 1. The summed E-state index contributed by atoms with van der Waals surface area (Å²) in [6.07, 6.45) is 0.253. The van der Waals surface area contributed by atoms with Crippen molar-refractivity contribution in [1.29, 1.82) is 0 Å². The maximum Gasteiger partial charge on any atom is 0.459 e. The minimum Gasteiger partial charge on any atom is -0.462 e. The zero-order valence-corrected chi connectivity index (χ0v) is 32.2. The molecule has 56 heavy (non-hydrogen) atoms. The predicted molar refractivity (Wildman–Crippen MR) is 192 cm³/mol. The minimum absolute atomic E-state index is 0.125. The summed E-state index contributed by atoms with van der Waals surface area (Å²) in [5.74, 6) is -1.70. The molecule has 2 fully saturated rings. The number of ether oxygens (including phenoxy) is 3. The quantitative estimate of drug-likeness (QED) is 0.0666. The van der Waals surface area contributed by atoms with Crippen molar-refractivity contribution in [3.05, 3.63) is 75.7 Å². The van der Waals surface area contributed by atoms with Gasteiger partial charge in [0.05, 0.1) is 25.7 Å². The van der Waals surface area contributed by atoms with Gasteiger partial charge in [-0.1, -0.05) is 41.4 Å². The number of hydrogen-bond donors (Lipinski definition) is 5. The monoisotopic (exact) mass is 854 g/mol. The molecule has 1 aromatic carbocycles. The number of aromatic amines is 1. The van der Waals surface area contributed by atoms with E-state index >= 15 is 4.39 Å². The van der Waals surface area contributed by atoms with Gasteiger partial charge in [0.2, 0.25) is 5.91 Å². The highest BCUT2D eigenvalue weighted by molar-refractivity contribution is 7.52. The number of H-pyrrole nitrogens is 1. The van der Waals surface area contributed by atoms with Crippen LogP contribution >= 0.6 is 30.9 Å². The van der Waals surface area contributed by atoms with E-state index in [4.69, 9.17) is 51.6 Å². The molecule has 1 aromatic heterocycles. The summed E-state index contributed by atoms with van der Waals surface area (Å²) in [4.78, 5) is 60.9. The number of alkyl halides is 4. The Hall–Kier alpha value is -4.00. The van der Waals surface area contributed by atoms with Crippen LogP contribution in [0.5, 0.6) is 5.75 Å². The molecule has 18 nitrogen and oxygen atoms in total. The topological polar surface area (TPSA) is 245 Å². The van der Waals surface area contributed by atoms with Crippen LogP contribution in [0.15, 0.2) is 64.5 Å². The number of terminal acetylenes is 1. The lowest BCUT2D eigenvalue weighted by atomic mass is 10.1. The van der Waals surface area contributed by atoms with Gasteiger partial charge in [0.25, 0.3) is 15.8 Å². The van der Waals surface area contributed by atoms with Crippen molar-refractivity contribution < 1.29 is 66.3 Å². The number of carbonyl (C=O) groups excluding carboxylic acids is 3. The van der Waals surface area contributed by atoms with Crippen molar-refractivity contribution >= 4 is 48.6 Å². The van der Waals surface area contributed by atoms with Gasteiger partial charge in [-0.05, 0) is 39.0 Å². The molecule has 1 unspecified atom stereocenters. The first-order valence-corrected chi connectivity index (χ1v) is 18.7. The van der Waals surface area contributed by atoms with Gasteiger partial charge in [0, 0.05) is 18.5 Å². The van der Waals surface area contributed by atoms with E-state index < -0.39 is 116 Å². The van der Waals surface area contributed by atoms with Gasteiger partial charge in [-0.3, -0.25) is 38.2 Å². The average Bonchev–Trinajstić information content (AvgIpc) is 3.50. The van der Waals surface area contributed by atoms with Crippen LogP contribution in [0.25, 0.3) is 0 Å². The normalized spacial score (nSPS) is 30.1. The Bertz CT molecular complexity index is 1910. The minimum atomic E-state index is -4.35. The molecular weight excluding hydrogens is 816 g/mol. The summed E-state index contributed by atoms with van der Waals surface area (Å²) < 4.78 is 69.9. The first kappa shape index (κ1) is 46.4. The standard InChI is InChI=1S/C21H26ClFN3O9P.C10H11ClFNO5.C2H2/c1-12(2)33-18(29)13(3)25-36(31,35-14-7-5-4-6-8-14)32-11-15-17(28)21(22,23)19(34-15)26-10-9-16(27)24-20(26)30;11-10(12)8(17)6(4-14)18-9(10)13-2-1-5(15)3-7(13)16;1-2/h4-10,12-13,15,17,19,28H,11H2,1-3H3,(H,25,31)(H,24,27,30);1-2,6,8-9,14,17H,3-4H2;1-2H/t13-,15+,17+,19+,21+,36?;6-,8-,9-,10-;/m01./s1. The average molecular weight is 856 g/mol. The number of halogens is 4. The van der Waals surface area contributed by atoms with Crippen LogP contribution in [-0.2, 0) is 37.7 Å². The second kappa shape index (κ2) is 19.4. The van der Waals surface area contributed by atoms with Gasteiger partial charge in [-0.2, -0.15) is 5.09 Å². The van der Waals surface area contributed by atoms with Crippen LogP contribution in [0.2, 0.25) is 0 Å². The van der Waals surface area contributed by atoms with Crippen molar-refractivity contribution in [3.63, 3.8) is 0 Å². The Balaban J connectivity index is 0.000000351. The Kier molecular flexibility index (Phi) is 16.1. The molecule has 0 bridgehead atoms. The van der Waals surface area contributed by atoms with E-state index in [1.165, 1.54) is 19.1 Å². The van der Waals surface area contributed by atoms with Gasteiger partial charge in [0.15, 0.2) is 18.2 Å². The number of rotatable bonds is 12. The van der Waals surface area contributed by atoms with Crippen molar-refractivity contribution in [2.45, 2.75) is 86.5 Å². The second-order valence-corrected chi connectivity index (χ2v) is 15.1. The molecule has 0 spiro atoms. The number of benzene rings is 1. The number of para-hydroxylation sites is 1. The van der Waals surface area contributed by atoms with Crippen molar-refractivity contribution in [1.82, 2.24) is 19.5 Å². The van der Waals surface area contributed by atoms with E-state index in [9.17, 15) is 43.1 Å². The zero-order chi connectivity index (χ0) is 42.2. The summed E-state index contributed by atoms with van der Waals surface area (Å²) >= 11 is 11.4. The third kappa shape index (κ3) is 11.1. The van der Waals surface area contributed by atoms with Crippen LogP contribution in [-0.4, -0.2) is 114 Å². The lowest BCUT2D eigenvalue weighted by molar-refractivity contribution is -0.149. The molecule has 308 valence electrons. The number of nitrogens with one attached hydrogen (secondary N) is 2. The van der Waals surface area contributed by atoms with E-state index in [0.29, 0.717) is 4.57 Å². The first-order chi connectivity index (χ1) is 26.2. The molecule has 10 atom stereocenters. The van der Waals surface area contributed by atoms with Gasteiger partial charge >= 0.3 is 19.4 Å². The molecule has 3 aliphatic rings. The molecule has 5 N–H and O–H groups in total. The van der Waals surface area contributed by atoms with E-state index in [-0.39, 0.29) is 5.75 Å². The number of nitrogens with zero attached hydrogens (tertiary/aromatic N) is 2. The Labute approximate surface area is 327 Å². The summed E-state index contributed by atoms with van der Waals surface area (Å²) in [5, 5.41) is 25.6. The molecule has 4 heterocycles. The van der Waals surface area contributed by atoms with Gasteiger partial charge in [-0.15, -0.1) is 12.8 Å². The summed E-state index contributed by atoms with van der Waals surface area (Å²) in [5.41, 5.74) is -1.76. The highest BCUT2D eigenvalue weighted by Crippen LogP contribution is 2.48. The van der Waals surface area contributed by atoms with E-state index in [0.717, 1.165) is 29.4 Å². The van der Waals surface area contributed by atoms with Gasteiger partial charge in [0.1, 0.15) is 36.2 Å². The van der Waals surface area contributed by atoms with Crippen molar-refractivity contribution in [3.8, 4) is 18.6 Å². The summed E-state index contributed by atoms with van der Waals surface area (Å²) in [6.45, 7) is 3.29. The molecule has 2 aromatic rings. The molecule has 5 rings (SSSR count). The highest BCUT2D eigenvalue weighted by Gasteiger charge is 2.60. The third-order valence-corrected chi connectivity index (χ3v) is 10.2. The fourth-order valence-electron chi connectivity index (χ4n) is 5.10. The Morgan fingerprint density at radius 1 is 1.04 bits per heavy atom. The number of hydrogen-bond acceptors (Lipinski definition) is 14. The lowest BCUT2D eigenvalue weighted by Crippen LogP contribution is -2.50. The van der Waals surface area contributed by atoms with Gasteiger partial charge in [-0.25, -0.2) is 18.1 Å². The van der Waals surface area contributed by atoms with Crippen LogP contribution in [0.3, 0.4) is 0 Å². The zero-order valence-electron chi connectivity index (χ0n) is 29.8. The van der Waals surface area contributed by atoms with Crippen molar-refractivity contribution in [2.24, 2.45) is 0 Å². The number of carbonyl (C=O) groups is 3. The molecule has 3 aliphatic heterocycles. The predicted octanol–water partition coefficient (Wildman–Crippen LogP) is 1.37. The highest BCUT2D eigenvalue weighted by atomic mass is 35.5. The number of aliphatic hydroxyl groups is 3. The van der Waals surface area contributed by atoms with E-state index in [2.05, 4.69) is 17.9 Å². The van der Waals surface area contributed by atoms with Crippen LogP contribution in [0.4, 0.5) is 8.78 Å². The van der Waals surface area contributed by atoms with E-state index in [1.54, 1.807) is 32.0 Å². The molecular formula is C33H39Cl2F2N4O14P. The number of amides is 1. The molecule has 1 amide bonds. The SMILES string of the molecule is C#C.CC(C)OC(=O)[C@H](C)NP(=O)(OC[C@H]1O[C@@H](n2ccc(=O)[nH]c2=O)[C@@](F)(Cl)[C@@H]1O)Oc1ccccc1.O=C1C=CN([C@@H]2O[C@H](CO)[C@@H](O)[C@]2(F)Cl)C(=O)C1. The number of aromatic nitrogens is 2. The first-order valence-electron chi connectivity index (χ1n) is 16.4. The summed E-state index contributed by atoms with van der Waals surface area (Å²) in [6, 6.07) is 7.68. The fourth-order valence-corrected chi connectivity index (χ4v) is 7.19. The van der Waals surface area contributed by atoms with Crippen LogP contribution in [0, 0.1) is 12.8 Å². The number of ketones is 1. The smallest absolute Gasteiger partial charge is 0.459 e. The van der Waals surface area contributed by atoms with Crippen LogP contribution in [0.1, 0.15) is 33.4 Å². The maximum atomic E-state index is 15.2. The Morgan fingerprint density at radius 2 is 1.62 bits per heavy atom. The molecule has 0 saturated carbocycles. The Morgan fingerprint density at radius 3 is 2.18 bits per heavy atom. The lowest BCUT2D eigenvalue weighted by Gasteiger charge is -2.31. The maximum absolute atomic E-state index is 15.2. The summed E-state index contributed by atoms with van der Waals surface area (Å²) in [7, 11) is -4.35. The van der Waals surface area contributed by atoms with Crippen molar-refractivity contribution in [2.75, 3.05) is 13.2 Å².